The Morgan fingerprint density at radius 2 is 2.28 bits per heavy atom. The van der Waals surface area contributed by atoms with E-state index in [1.54, 1.807) is 11.3 Å². The van der Waals surface area contributed by atoms with Gasteiger partial charge in [0.25, 0.3) is 0 Å². The van der Waals surface area contributed by atoms with E-state index in [9.17, 15) is 0 Å². The molecule has 2 heterocycles. The van der Waals surface area contributed by atoms with Crippen LogP contribution in [0, 0.1) is 5.92 Å². The molecule has 1 unspecified atom stereocenters. The van der Waals surface area contributed by atoms with E-state index in [1.807, 2.05) is 0 Å². The van der Waals surface area contributed by atoms with Crippen molar-refractivity contribution in [1.82, 2.24) is 5.32 Å². The van der Waals surface area contributed by atoms with Gasteiger partial charge in [-0.15, -0.1) is 11.3 Å². The van der Waals surface area contributed by atoms with Crippen LogP contribution in [0.4, 0.5) is 0 Å². The molecule has 2 nitrogen and oxygen atoms in total. The van der Waals surface area contributed by atoms with Gasteiger partial charge in [0.2, 0.25) is 0 Å². The summed E-state index contributed by atoms with van der Waals surface area (Å²) in [4.78, 5) is 0. The summed E-state index contributed by atoms with van der Waals surface area (Å²) in [6.45, 7) is 5.21. The van der Waals surface area contributed by atoms with Gasteiger partial charge >= 0.3 is 0 Å². The molecule has 1 aromatic heterocycles. The zero-order valence-electron chi connectivity index (χ0n) is 11.0. The predicted molar refractivity (Wildman–Crippen MR) is 81.2 cm³/mol. The zero-order chi connectivity index (χ0) is 12.8. The molecule has 4 heteroatoms. The van der Waals surface area contributed by atoms with E-state index in [2.05, 4.69) is 39.6 Å². The Kier molecular flexibility index (Phi) is 6.15. The van der Waals surface area contributed by atoms with Crippen molar-refractivity contribution in [1.29, 1.82) is 0 Å². The van der Waals surface area contributed by atoms with Crippen molar-refractivity contribution >= 4 is 27.3 Å². The van der Waals surface area contributed by atoms with E-state index >= 15 is 0 Å². The molecular formula is C14H22BrNOS. The first kappa shape index (κ1) is 14.5. The maximum Gasteiger partial charge on any atom is 0.0701 e. The van der Waals surface area contributed by atoms with Crippen molar-refractivity contribution in [3.63, 3.8) is 0 Å². The summed E-state index contributed by atoms with van der Waals surface area (Å²) >= 11 is 5.34. The van der Waals surface area contributed by atoms with E-state index in [-0.39, 0.29) is 0 Å². The number of hydrogen-bond donors (Lipinski definition) is 1. The summed E-state index contributed by atoms with van der Waals surface area (Å²) < 4.78 is 6.68. The highest BCUT2D eigenvalue weighted by atomic mass is 79.9. The number of thiophene rings is 1. The monoisotopic (exact) mass is 331 g/mol. The summed E-state index contributed by atoms with van der Waals surface area (Å²) in [5.74, 6) is 0.812. The van der Waals surface area contributed by atoms with E-state index in [4.69, 9.17) is 4.74 Å². The van der Waals surface area contributed by atoms with Crippen LogP contribution in [0.25, 0.3) is 0 Å². The van der Waals surface area contributed by atoms with Crippen LogP contribution < -0.4 is 5.32 Å². The Morgan fingerprint density at radius 3 is 2.89 bits per heavy atom. The Bertz CT molecular complexity index is 349. The van der Waals surface area contributed by atoms with Crippen LogP contribution in [-0.2, 0) is 4.74 Å². The van der Waals surface area contributed by atoms with Gasteiger partial charge in [0.05, 0.1) is 3.79 Å². The van der Waals surface area contributed by atoms with Crippen molar-refractivity contribution in [3.05, 3.63) is 20.8 Å². The van der Waals surface area contributed by atoms with Crippen LogP contribution in [0.15, 0.2) is 15.2 Å². The Labute approximate surface area is 122 Å². The number of ether oxygens (including phenoxy) is 1. The molecule has 0 spiro atoms. The van der Waals surface area contributed by atoms with Gasteiger partial charge in [0, 0.05) is 19.3 Å². The SMILES string of the molecule is CCCNC(CC1CCOCC1)c1csc(Br)c1. The Morgan fingerprint density at radius 1 is 1.50 bits per heavy atom. The van der Waals surface area contributed by atoms with Gasteiger partial charge in [-0.1, -0.05) is 6.92 Å². The standard InChI is InChI=1S/C14H22BrNOS/c1-2-5-16-13(12-9-14(15)18-10-12)8-11-3-6-17-7-4-11/h9-11,13,16H,2-8H2,1H3. The Balaban J connectivity index is 1.95. The smallest absolute Gasteiger partial charge is 0.0701 e. The highest BCUT2D eigenvalue weighted by Crippen LogP contribution is 2.31. The molecule has 1 aliphatic rings. The van der Waals surface area contributed by atoms with Crippen molar-refractivity contribution in [2.24, 2.45) is 5.92 Å². The molecule has 1 atom stereocenters. The molecule has 0 amide bonds. The maximum atomic E-state index is 5.45. The molecule has 1 fully saturated rings. The third-order valence-electron chi connectivity index (χ3n) is 3.54. The largest absolute Gasteiger partial charge is 0.381 e. The maximum absolute atomic E-state index is 5.45. The first-order chi connectivity index (χ1) is 8.79. The second kappa shape index (κ2) is 7.63. The highest BCUT2D eigenvalue weighted by molar-refractivity contribution is 9.11. The molecule has 0 bridgehead atoms. The second-order valence-corrected chi connectivity index (χ2v) is 7.27. The molecule has 102 valence electrons. The first-order valence-electron chi connectivity index (χ1n) is 6.84. The fourth-order valence-corrected chi connectivity index (χ4v) is 3.71. The van der Waals surface area contributed by atoms with E-state index < -0.39 is 0 Å². The number of nitrogens with one attached hydrogen (secondary N) is 1. The van der Waals surface area contributed by atoms with Gasteiger partial charge < -0.3 is 10.1 Å². The number of rotatable bonds is 6. The van der Waals surface area contributed by atoms with Crippen LogP contribution in [-0.4, -0.2) is 19.8 Å². The lowest BCUT2D eigenvalue weighted by molar-refractivity contribution is 0.0605. The molecule has 0 saturated carbocycles. The third kappa shape index (κ3) is 4.34. The Hall–Kier alpha value is 0.100. The molecule has 1 aromatic rings. The van der Waals surface area contributed by atoms with Crippen molar-refractivity contribution < 1.29 is 4.74 Å². The molecule has 1 N–H and O–H groups in total. The van der Waals surface area contributed by atoms with E-state index in [0.29, 0.717) is 6.04 Å². The van der Waals surface area contributed by atoms with Crippen LogP contribution in [0.5, 0.6) is 0 Å². The molecule has 0 radical (unpaired) electrons. The molecule has 2 rings (SSSR count). The molecule has 0 aromatic carbocycles. The summed E-state index contributed by atoms with van der Waals surface area (Å²) in [6.07, 6.45) is 4.87. The van der Waals surface area contributed by atoms with Crippen LogP contribution in [0.3, 0.4) is 0 Å². The van der Waals surface area contributed by atoms with Crippen molar-refractivity contribution in [2.75, 3.05) is 19.8 Å². The molecule has 1 aliphatic heterocycles. The fraction of sp³-hybridized carbons (Fsp3) is 0.714. The predicted octanol–water partition coefficient (Wildman–Crippen LogP) is 4.37. The lowest BCUT2D eigenvalue weighted by Crippen LogP contribution is -2.26. The molecule has 0 aliphatic carbocycles. The second-order valence-electron chi connectivity index (χ2n) is 4.98. The van der Waals surface area contributed by atoms with Crippen molar-refractivity contribution in [2.45, 2.75) is 38.6 Å². The average molecular weight is 332 g/mol. The summed E-state index contributed by atoms with van der Waals surface area (Å²) in [5, 5.41) is 5.97. The minimum Gasteiger partial charge on any atom is -0.381 e. The minimum absolute atomic E-state index is 0.510. The lowest BCUT2D eigenvalue weighted by Gasteiger charge is -2.27. The van der Waals surface area contributed by atoms with Gasteiger partial charge in [-0.2, -0.15) is 0 Å². The normalized spacial score (nSPS) is 19.0. The highest BCUT2D eigenvalue weighted by Gasteiger charge is 2.20. The van der Waals surface area contributed by atoms with Gasteiger partial charge in [-0.05, 0) is 71.1 Å². The summed E-state index contributed by atoms with van der Waals surface area (Å²) in [5.41, 5.74) is 1.44. The van der Waals surface area contributed by atoms with Crippen LogP contribution in [0.1, 0.15) is 44.2 Å². The van der Waals surface area contributed by atoms with Gasteiger partial charge in [0.1, 0.15) is 0 Å². The van der Waals surface area contributed by atoms with Gasteiger partial charge in [-0.3, -0.25) is 0 Å². The van der Waals surface area contributed by atoms with E-state index in [1.165, 1.54) is 35.0 Å². The zero-order valence-corrected chi connectivity index (χ0v) is 13.4. The topological polar surface area (TPSA) is 21.3 Å². The molecular weight excluding hydrogens is 310 g/mol. The fourth-order valence-electron chi connectivity index (χ4n) is 2.48. The number of halogens is 1. The molecule has 18 heavy (non-hydrogen) atoms. The van der Waals surface area contributed by atoms with Crippen molar-refractivity contribution in [3.8, 4) is 0 Å². The summed E-state index contributed by atoms with van der Waals surface area (Å²) in [6, 6.07) is 2.77. The van der Waals surface area contributed by atoms with Crippen LogP contribution >= 0.6 is 27.3 Å². The van der Waals surface area contributed by atoms with Crippen LogP contribution in [0.2, 0.25) is 0 Å². The summed E-state index contributed by atoms with van der Waals surface area (Å²) in [7, 11) is 0. The first-order valence-corrected chi connectivity index (χ1v) is 8.52. The quantitative estimate of drug-likeness (QED) is 0.835. The average Bonchev–Trinajstić information content (AvgIpc) is 2.82. The minimum atomic E-state index is 0.510. The number of hydrogen-bond acceptors (Lipinski definition) is 3. The van der Waals surface area contributed by atoms with E-state index in [0.717, 1.165) is 25.7 Å². The van der Waals surface area contributed by atoms with Gasteiger partial charge in [0.15, 0.2) is 0 Å². The molecule has 1 saturated heterocycles. The van der Waals surface area contributed by atoms with Gasteiger partial charge in [-0.25, -0.2) is 0 Å². The third-order valence-corrected chi connectivity index (χ3v) is 5.06. The lowest BCUT2D eigenvalue weighted by atomic mass is 9.90.